The van der Waals surface area contributed by atoms with Crippen LogP contribution in [-0.4, -0.2) is 26.6 Å². The number of nitrogens with one attached hydrogen (secondary N) is 1. The van der Waals surface area contributed by atoms with E-state index in [4.69, 9.17) is 10.00 Å². The summed E-state index contributed by atoms with van der Waals surface area (Å²) in [6.07, 6.45) is 1.04. The molecule has 3 aromatic rings. The third-order valence-corrected chi connectivity index (χ3v) is 3.89. The first-order valence-corrected chi connectivity index (χ1v) is 8.30. The van der Waals surface area contributed by atoms with Crippen molar-refractivity contribution in [1.29, 1.82) is 5.26 Å². The number of anilines is 1. The zero-order valence-electron chi connectivity index (χ0n) is 13.9. The van der Waals surface area contributed by atoms with Crippen molar-refractivity contribution in [3.8, 4) is 17.3 Å². The maximum atomic E-state index is 11.8. The third-order valence-electron chi connectivity index (χ3n) is 3.04. The molecule has 0 saturated heterocycles. The van der Waals surface area contributed by atoms with E-state index < -0.39 is 11.7 Å². The van der Waals surface area contributed by atoms with E-state index in [2.05, 4.69) is 26.3 Å². The first-order chi connectivity index (χ1) is 11.8. The van der Waals surface area contributed by atoms with E-state index in [1.54, 1.807) is 39.1 Å². The van der Waals surface area contributed by atoms with E-state index in [0.29, 0.717) is 26.9 Å². The second-order valence-corrected chi connectivity index (χ2v) is 7.20. The first kappa shape index (κ1) is 16.8. The maximum Gasteiger partial charge on any atom is 0.413 e. The lowest BCUT2D eigenvalue weighted by atomic mass is 10.1. The summed E-state index contributed by atoms with van der Waals surface area (Å²) in [5.41, 5.74) is 1.97. The molecule has 2 heterocycles. The molecule has 0 saturated carbocycles. The number of benzene rings is 1. The predicted octanol–water partition coefficient (Wildman–Crippen LogP) is 3.97. The van der Waals surface area contributed by atoms with Crippen LogP contribution in [0.25, 0.3) is 21.7 Å². The Hall–Kier alpha value is -3.05. The summed E-state index contributed by atoms with van der Waals surface area (Å²) in [4.78, 5) is 25.5. The lowest BCUT2D eigenvalue weighted by Gasteiger charge is -2.18. The van der Waals surface area contributed by atoms with Gasteiger partial charge in [0.1, 0.15) is 5.60 Å². The number of aromatic nitrogens is 3. The van der Waals surface area contributed by atoms with Crippen molar-refractivity contribution in [1.82, 2.24) is 15.0 Å². The number of rotatable bonds is 2. The van der Waals surface area contributed by atoms with Gasteiger partial charge in [-0.15, -0.1) is 0 Å². The van der Waals surface area contributed by atoms with Crippen LogP contribution in [0, 0.1) is 11.3 Å². The molecule has 25 heavy (non-hydrogen) atoms. The predicted molar refractivity (Wildman–Crippen MR) is 95.2 cm³/mol. The van der Waals surface area contributed by atoms with E-state index >= 15 is 0 Å². The largest absolute Gasteiger partial charge is 0.444 e. The highest BCUT2D eigenvalue weighted by atomic mass is 32.1. The molecular weight excluding hydrogens is 338 g/mol. The summed E-state index contributed by atoms with van der Waals surface area (Å²) in [5.74, 6) is 0. The number of hydrogen-bond donors (Lipinski definition) is 1. The molecule has 0 fully saturated rings. The average Bonchev–Trinajstić information content (AvgIpc) is 2.94. The molecule has 126 valence electrons. The van der Waals surface area contributed by atoms with Gasteiger partial charge in [0.2, 0.25) is 0 Å². The van der Waals surface area contributed by atoms with Gasteiger partial charge in [0.25, 0.3) is 0 Å². The zero-order valence-corrected chi connectivity index (χ0v) is 14.7. The molecule has 1 amide bonds. The zero-order chi connectivity index (χ0) is 18.0. The SMILES string of the molecule is CC(C)(C)OC(=O)Nc1nc2ncc(-c3ccc(C#N)cc3)nc2s1. The number of thiazole rings is 1. The van der Waals surface area contributed by atoms with Gasteiger partial charge < -0.3 is 4.74 Å². The summed E-state index contributed by atoms with van der Waals surface area (Å²) < 4.78 is 5.20. The second kappa shape index (κ2) is 6.45. The fraction of sp³-hybridized carbons (Fsp3) is 0.235. The molecule has 0 aliphatic heterocycles. The smallest absolute Gasteiger partial charge is 0.413 e. The Morgan fingerprint density at radius 3 is 2.60 bits per heavy atom. The minimum atomic E-state index is -0.583. The molecule has 7 nitrogen and oxygen atoms in total. The van der Waals surface area contributed by atoms with E-state index in [0.717, 1.165) is 5.56 Å². The highest BCUT2D eigenvalue weighted by Crippen LogP contribution is 2.26. The number of fused-ring (bicyclic) bond motifs is 1. The number of carbonyl (C=O) groups is 1. The minimum absolute atomic E-state index is 0.376. The number of nitrogens with zero attached hydrogens (tertiary/aromatic N) is 4. The lowest BCUT2D eigenvalue weighted by Crippen LogP contribution is -2.27. The van der Waals surface area contributed by atoms with Crippen molar-refractivity contribution < 1.29 is 9.53 Å². The van der Waals surface area contributed by atoms with Gasteiger partial charge >= 0.3 is 6.09 Å². The lowest BCUT2D eigenvalue weighted by molar-refractivity contribution is 0.0636. The molecule has 8 heteroatoms. The Balaban J connectivity index is 1.84. The molecule has 2 aromatic heterocycles. The highest BCUT2D eigenvalue weighted by molar-refractivity contribution is 7.21. The molecular formula is C17H15N5O2S. The Morgan fingerprint density at radius 2 is 1.96 bits per heavy atom. The Kier molecular flexibility index (Phi) is 4.33. The highest BCUT2D eigenvalue weighted by Gasteiger charge is 2.18. The van der Waals surface area contributed by atoms with E-state index in [1.807, 2.05) is 12.1 Å². The Bertz CT molecular complexity index is 967. The first-order valence-electron chi connectivity index (χ1n) is 7.48. The monoisotopic (exact) mass is 353 g/mol. The minimum Gasteiger partial charge on any atom is -0.444 e. The van der Waals surface area contributed by atoms with E-state index in [9.17, 15) is 4.79 Å². The molecule has 1 aromatic carbocycles. The van der Waals surface area contributed by atoms with Crippen LogP contribution in [0.2, 0.25) is 0 Å². The molecule has 0 aliphatic rings. The summed E-state index contributed by atoms with van der Waals surface area (Å²) in [6, 6.07) is 9.16. The van der Waals surface area contributed by atoms with Gasteiger partial charge in [-0.1, -0.05) is 23.5 Å². The topological polar surface area (TPSA) is 101 Å². The standard InChI is InChI=1S/C17H15N5O2S/c1-17(2,3)24-16(23)22-15-21-13-14(25-15)20-12(9-19-13)11-6-4-10(8-18)5-7-11/h4-7,9H,1-3H3,(H,19,21,22,23). The van der Waals surface area contributed by atoms with E-state index in [-0.39, 0.29) is 0 Å². The van der Waals surface area contributed by atoms with Crippen LogP contribution in [0.5, 0.6) is 0 Å². The van der Waals surface area contributed by atoms with Crippen molar-refractivity contribution >= 4 is 33.0 Å². The third kappa shape index (κ3) is 4.08. The summed E-state index contributed by atoms with van der Waals surface area (Å²) in [5, 5.41) is 11.8. The molecule has 0 spiro atoms. The fourth-order valence-electron chi connectivity index (χ4n) is 2.02. The van der Waals surface area contributed by atoms with E-state index in [1.165, 1.54) is 11.3 Å². The van der Waals surface area contributed by atoms with Crippen molar-refractivity contribution in [3.63, 3.8) is 0 Å². The van der Waals surface area contributed by atoms with Crippen LogP contribution >= 0.6 is 11.3 Å². The second-order valence-electron chi connectivity index (χ2n) is 6.22. The summed E-state index contributed by atoms with van der Waals surface area (Å²) >= 11 is 1.22. The van der Waals surface area contributed by atoms with Gasteiger partial charge in [-0.2, -0.15) is 10.2 Å². The normalized spacial score (nSPS) is 11.1. The number of hydrogen-bond acceptors (Lipinski definition) is 7. The van der Waals surface area contributed by atoms with Gasteiger partial charge in [0, 0.05) is 5.56 Å². The van der Waals surface area contributed by atoms with Gasteiger partial charge in [0.05, 0.1) is 23.5 Å². The molecule has 0 unspecified atom stereocenters. The fourth-order valence-corrected chi connectivity index (χ4v) is 2.80. The van der Waals surface area contributed by atoms with Crippen LogP contribution in [0.4, 0.5) is 9.93 Å². The van der Waals surface area contributed by atoms with Crippen molar-refractivity contribution in [2.75, 3.05) is 5.32 Å². The van der Waals surface area contributed by atoms with Crippen LogP contribution in [0.3, 0.4) is 0 Å². The van der Waals surface area contributed by atoms with Crippen molar-refractivity contribution in [2.45, 2.75) is 26.4 Å². The number of amides is 1. The Morgan fingerprint density at radius 1 is 1.24 bits per heavy atom. The van der Waals surface area contributed by atoms with Gasteiger partial charge in [-0.25, -0.2) is 14.8 Å². The van der Waals surface area contributed by atoms with Crippen molar-refractivity contribution in [3.05, 3.63) is 36.0 Å². The van der Waals surface area contributed by atoms with Crippen molar-refractivity contribution in [2.24, 2.45) is 0 Å². The molecule has 0 bridgehead atoms. The molecule has 0 aliphatic carbocycles. The number of nitriles is 1. The van der Waals surface area contributed by atoms with Crippen LogP contribution in [0.1, 0.15) is 26.3 Å². The summed E-state index contributed by atoms with van der Waals surface area (Å²) in [7, 11) is 0. The quantitative estimate of drug-likeness (QED) is 0.748. The van der Waals surface area contributed by atoms with Gasteiger partial charge in [-0.05, 0) is 32.9 Å². The molecule has 1 N–H and O–H groups in total. The average molecular weight is 353 g/mol. The number of ether oxygens (including phenoxy) is 1. The van der Waals surface area contributed by atoms with Gasteiger partial charge in [-0.3, -0.25) is 5.32 Å². The molecule has 0 radical (unpaired) electrons. The number of carbonyl (C=O) groups excluding carboxylic acids is 1. The van der Waals surface area contributed by atoms with Crippen LogP contribution < -0.4 is 5.32 Å². The van der Waals surface area contributed by atoms with Gasteiger partial charge in [0.15, 0.2) is 15.6 Å². The summed E-state index contributed by atoms with van der Waals surface area (Å²) in [6.45, 7) is 5.37. The Labute approximate surface area is 148 Å². The van der Waals surface area contributed by atoms with Crippen LogP contribution in [0.15, 0.2) is 30.5 Å². The molecule has 3 rings (SSSR count). The van der Waals surface area contributed by atoms with Crippen LogP contribution in [-0.2, 0) is 4.74 Å². The molecule has 0 atom stereocenters. The maximum absolute atomic E-state index is 11.8.